The summed E-state index contributed by atoms with van der Waals surface area (Å²) in [6.45, 7) is -0.190. The molecule has 1 atom stereocenters. The van der Waals surface area contributed by atoms with Gasteiger partial charge in [-0.25, -0.2) is 4.98 Å². The van der Waals surface area contributed by atoms with Crippen molar-refractivity contribution < 1.29 is 9.90 Å². The molecule has 1 aromatic heterocycles. The van der Waals surface area contributed by atoms with Crippen LogP contribution >= 0.6 is 0 Å². The highest BCUT2D eigenvalue weighted by atomic mass is 16.3. The number of nitrogens with two attached hydrogens (primary N) is 1. The van der Waals surface area contributed by atoms with E-state index in [0.29, 0.717) is 6.42 Å². The molecule has 0 fully saturated rings. The van der Waals surface area contributed by atoms with Gasteiger partial charge in [0.15, 0.2) is 0 Å². The molecule has 6 heteroatoms. The Morgan fingerprint density at radius 2 is 2.57 bits per heavy atom. The molecule has 14 heavy (non-hydrogen) atoms. The van der Waals surface area contributed by atoms with Crippen LogP contribution in [0.4, 0.5) is 0 Å². The minimum Gasteiger partial charge on any atom is -0.394 e. The second-order valence-corrected chi connectivity index (χ2v) is 2.93. The summed E-state index contributed by atoms with van der Waals surface area (Å²) < 4.78 is 0. The fraction of sp³-hybridized carbons (Fsp3) is 0.500. The normalized spacial score (nSPS) is 12.4. The molecule has 0 saturated heterocycles. The standard InChI is InChI=1S/C8H14N4O2/c9-2-8(14)12-7(4-13)1-6-3-10-5-11-6/h3,5,7,13H,1-2,4,9H2,(H,10,11)(H,12,14)/t7-/m0/s1. The quantitative estimate of drug-likeness (QED) is 0.457. The van der Waals surface area contributed by atoms with Crippen LogP contribution in [0.15, 0.2) is 12.5 Å². The number of aromatic nitrogens is 2. The van der Waals surface area contributed by atoms with Crippen LogP contribution in [0, 0.1) is 0 Å². The highest BCUT2D eigenvalue weighted by Gasteiger charge is 2.11. The Bertz CT molecular complexity index is 273. The number of carbonyl (C=O) groups excluding carboxylic acids is 1. The maximum atomic E-state index is 10.9. The number of nitrogens with one attached hydrogen (secondary N) is 2. The highest BCUT2D eigenvalue weighted by Crippen LogP contribution is 1.97. The molecular weight excluding hydrogens is 184 g/mol. The van der Waals surface area contributed by atoms with E-state index < -0.39 is 0 Å². The van der Waals surface area contributed by atoms with Crippen LogP contribution in [0.2, 0.25) is 0 Å². The number of rotatable bonds is 5. The number of hydrogen-bond donors (Lipinski definition) is 4. The Kier molecular flexibility index (Phi) is 4.09. The third kappa shape index (κ3) is 3.15. The number of amides is 1. The van der Waals surface area contributed by atoms with Gasteiger partial charge >= 0.3 is 0 Å². The van der Waals surface area contributed by atoms with Gasteiger partial charge in [-0.1, -0.05) is 0 Å². The van der Waals surface area contributed by atoms with Gasteiger partial charge in [-0.05, 0) is 0 Å². The first-order valence-corrected chi connectivity index (χ1v) is 4.33. The van der Waals surface area contributed by atoms with Gasteiger partial charge in [0.1, 0.15) is 0 Å². The molecule has 1 amide bonds. The molecule has 1 heterocycles. The molecule has 0 saturated carbocycles. The van der Waals surface area contributed by atoms with Crippen molar-refractivity contribution in [1.29, 1.82) is 0 Å². The lowest BCUT2D eigenvalue weighted by Crippen LogP contribution is -2.42. The summed E-state index contributed by atoms with van der Waals surface area (Å²) in [4.78, 5) is 17.7. The molecule has 0 unspecified atom stereocenters. The average Bonchev–Trinajstić information content (AvgIpc) is 2.69. The molecular formula is C8H14N4O2. The van der Waals surface area contributed by atoms with Gasteiger partial charge in [-0.3, -0.25) is 4.79 Å². The number of nitrogens with zero attached hydrogens (tertiary/aromatic N) is 1. The Labute approximate surface area is 81.5 Å². The number of aliphatic hydroxyl groups excluding tert-OH is 1. The van der Waals surface area contributed by atoms with E-state index in [1.165, 1.54) is 0 Å². The van der Waals surface area contributed by atoms with Gasteiger partial charge in [0.2, 0.25) is 5.91 Å². The topological polar surface area (TPSA) is 104 Å². The van der Waals surface area contributed by atoms with E-state index in [9.17, 15) is 4.79 Å². The zero-order chi connectivity index (χ0) is 10.4. The van der Waals surface area contributed by atoms with Crippen molar-refractivity contribution in [2.75, 3.05) is 13.2 Å². The molecule has 0 spiro atoms. The lowest BCUT2D eigenvalue weighted by molar-refractivity contribution is -0.120. The van der Waals surface area contributed by atoms with Crippen molar-refractivity contribution in [1.82, 2.24) is 15.3 Å². The highest BCUT2D eigenvalue weighted by molar-refractivity contribution is 5.78. The molecule has 1 aromatic rings. The number of hydrogen-bond acceptors (Lipinski definition) is 4. The summed E-state index contributed by atoms with van der Waals surface area (Å²) in [6.07, 6.45) is 3.72. The van der Waals surface area contributed by atoms with Crippen molar-refractivity contribution in [2.24, 2.45) is 5.73 Å². The van der Waals surface area contributed by atoms with Crippen LogP contribution in [0.25, 0.3) is 0 Å². The molecule has 0 aliphatic carbocycles. The average molecular weight is 198 g/mol. The number of aromatic amines is 1. The van der Waals surface area contributed by atoms with E-state index in [1.807, 2.05) is 0 Å². The minimum atomic E-state index is -0.313. The smallest absolute Gasteiger partial charge is 0.234 e. The number of imidazole rings is 1. The largest absolute Gasteiger partial charge is 0.394 e. The predicted molar refractivity (Wildman–Crippen MR) is 50.4 cm³/mol. The fourth-order valence-electron chi connectivity index (χ4n) is 1.11. The minimum absolute atomic E-state index is 0.0700. The SMILES string of the molecule is NCC(=O)N[C@H](CO)Cc1cnc[nH]1. The summed E-state index contributed by atoms with van der Waals surface area (Å²) in [5.41, 5.74) is 6.00. The maximum Gasteiger partial charge on any atom is 0.234 e. The van der Waals surface area contributed by atoms with Crippen LogP contribution in [0.5, 0.6) is 0 Å². The van der Waals surface area contributed by atoms with E-state index in [-0.39, 0.29) is 25.1 Å². The van der Waals surface area contributed by atoms with Gasteiger partial charge in [0, 0.05) is 18.3 Å². The van der Waals surface area contributed by atoms with Crippen molar-refractivity contribution in [2.45, 2.75) is 12.5 Å². The Morgan fingerprint density at radius 1 is 1.79 bits per heavy atom. The molecule has 0 radical (unpaired) electrons. The third-order valence-corrected chi connectivity index (χ3v) is 1.79. The molecule has 0 aliphatic rings. The summed E-state index contributed by atoms with van der Waals surface area (Å²) in [7, 11) is 0. The molecule has 78 valence electrons. The summed E-state index contributed by atoms with van der Waals surface area (Å²) in [5, 5.41) is 11.6. The second kappa shape index (κ2) is 5.36. The van der Waals surface area contributed by atoms with E-state index >= 15 is 0 Å². The van der Waals surface area contributed by atoms with E-state index in [4.69, 9.17) is 10.8 Å². The van der Waals surface area contributed by atoms with Crippen molar-refractivity contribution in [3.63, 3.8) is 0 Å². The van der Waals surface area contributed by atoms with Crippen LogP contribution in [-0.2, 0) is 11.2 Å². The third-order valence-electron chi connectivity index (χ3n) is 1.79. The van der Waals surface area contributed by atoms with Crippen LogP contribution in [-0.4, -0.2) is 40.2 Å². The number of H-pyrrole nitrogens is 1. The molecule has 0 bridgehead atoms. The Hall–Kier alpha value is -1.40. The van der Waals surface area contributed by atoms with Crippen LogP contribution in [0.1, 0.15) is 5.69 Å². The van der Waals surface area contributed by atoms with Crippen molar-refractivity contribution in [3.8, 4) is 0 Å². The van der Waals surface area contributed by atoms with E-state index in [1.54, 1.807) is 12.5 Å². The predicted octanol–water partition coefficient (Wildman–Crippen LogP) is -1.61. The van der Waals surface area contributed by atoms with Crippen LogP contribution < -0.4 is 11.1 Å². The summed E-state index contributed by atoms with van der Waals surface area (Å²) in [6, 6.07) is -0.313. The summed E-state index contributed by atoms with van der Waals surface area (Å²) in [5.74, 6) is -0.274. The molecule has 6 nitrogen and oxygen atoms in total. The monoisotopic (exact) mass is 198 g/mol. The van der Waals surface area contributed by atoms with Gasteiger partial charge in [0.05, 0.1) is 25.5 Å². The summed E-state index contributed by atoms with van der Waals surface area (Å²) >= 11 is 0. The molecule has 1 rings (SSSR count). The lowest BCUT2D eigenvalue weighted by Gasteiger charge is -2.14. The second-order valence-electron chi connectivity index (χ2n) is 2.93. The van der Waals surface area contributed by atoms with Crippen molar-refractivity contribution in [3.05, 3.63) is 18.2 Å². The van der Waals surface area contributed by atoms with Crippen molar-refractivity contribution >= 4 is 5.91 Å². The first kappa shape index (κ1) is 10.7. The fourth-order valence-corrected chi connectivity index (χ4v) is 1.11. The Balaban J connectivity index is 2.43. The van der Waals surface area contributed by atoms with Crippen LogP contribution in [0.3, 0.4) is 0 Å². The zero-order valence-corrected chi connectivity index (χ0v) is 7.73. The van der Waals surface area contributed by atoms with E-state index in [2.05, 4.69) is 15.3 Å². The van der Waals surface area contributed by atoms with E-state index in [0.717, 1.165) is 5.69 Å². The van der Waals surface area contributed by atoms with Gasteiger partial charge in [-0.2, -0.15) is 0 Å². The molecule has 5 N–H and O–H groups in total. The Morgan fingerprint density at radius 3 is 3.07 bits per heavy atom. The van der Waals surface area contributed by atoms with Gasteiger partial charge in [-0.15, -0.1) is 0 Å². The first-order valence-electron chi connectivity index (χ1n) is 4.33. The lowest BCUT2D eigenvalue weighted by atomic mass is 10.2. The van der Waals surface area contributed by atoms with Gasteiger partial charge < -0.3 is 21.1 Å². The zero-order valence-electron chi connectivity index (χ0n) is 7.73. The van der Waals surface area contributed by atoms with Gasteiger partial charge in [0.25, 0.3) is 0 Å². The number of carbonyl (C=O) groups is 1. The molecule has 0 aliphatic heterocycles. The number of aliphatic hydroxyl groups is 1. The first-order chi connectivity index (χ1) is 6.76. The molecule has 0 aromatic carbocycles. The maximum absolute atomic E-state index is 10.9.